The van der Waals surface area contributed by atoms with Crippen molar-refractivity contribution in [3.8, 4) is 0 Å². The predicted octanol–water partition coefficient (Wildman–Crippen LogP) is 4.30. The van der Waals surface area contributed by atoms with Gasteiger partial charge in [0.25, 0.3) is 0 Å². The van der Waals surface area contributed by atoms with Crippen molar-refractivity contribution in [2.45, 2.75) is 54.4 Å². The van der Waals surface area contributed by atoms with Crippen LogP contribution < -0.4 is 10.2 Å². The molecule has 0 amide bonds. The lowest BCUT2D eigenvalue weighted by Crippen LogP contribution is -2.49. The molecule has 0 radical (unpaired) electrons. The van der Waals surface area contributed by atoms with Gasteiger partial charge < -0.3 is 15.3 Å². The molecule has 3 fully saturated rings. The number of benzene rings is 1. The van der Waals surface area contributed by atoms with Gasteiger partial charge in [-0.25, -0.2) is 4.98 Å². The summed E-state index contributed by atoms with van der Waals surface area (Å²) in [5.74, 6) is -2.43. The molecule has 3 atom stereocenters. The summed E-state index contributed by atoms with van der Waals surface area (Å²) in [4.78, 5) is 11.0. The lowest BCUT2D eigenvalue weighted by atomic mass is 9.77. The van der Waals surface area contributed by atoms with E-state index in [2.05, 4.69) is 27.4 Å². The Morgan fingerprint density at radius 3 is 2.41 bits per heavy atom. The number of aromatic nitrogens is 2. The number of nitrogens with zero attached hydrogens (tertiary/aromatic N) is 3. The zero-order valence-corrected chi connectivity index (χ0v) is 20.2. The fraction of sp³-hybridized carbons (Fsp3) is 0.583. The Morgan fingerprint density at radius 2 is 1.82 bits per heavy atom. The number of fused-ring (bicyclic) bond motifs is 3. The van der Waals surface area contributed by atoms with Crippen LogP contribution in [0.1, 0.15) is 49.3 Å². The number of hydrogen-bond donors (Lipinski definition) is 2. The van der Waals surface area contributed by atoms with E-state index >= 15 is 0 Å². The summed E-state index contributed by atoms with van der Waals surface area (Å²) in [5.41, 5.74) is 0.241. The van der Waals surface area contributed by atoms with Crippen LogP contribution in [0.15, 0.2) is 29.2 Å². The van der Waals surface area contributed by atoms with Gasteiger partial charge in [-0.1, -0.05) is 23.7 Å². The molecule has 0 spiro atoms. The normalized spacial score (nSPS) is 30.6. The quantitative estimate of drug-likeness (QED) is 0.627. The lowest BCUT2D eigenvalue weighted by molar-refractivity contribution is 0.0191. The standard InChI is InChI=1S/C24H27ClF2N4O2S/c25-17-6-4-14(5-7-17)18-15-2-3-16(18)11-31(10-15)22-28-20-19(34(33)13-24(20,26)27)21(29-22)30-23(12-32)8-1-9-23/h4-7,15-16,18,32H,1-3,8-13H2,(H,28,29,30)/t15?,16?,18?,34-/m0/s1. The second-order valence-electron chi connectivity index (χ2n) is 10.2. The van der Waals surface area contributed by atoms with Gasteiger partial charge in [-0.3, -0.25) is 4.21 Å². The average Bonchev–Trinajstić information content (AvgIpc) is 3.18. The SMILES string of the molecule is O=[S@]1CC(F)(F)c2nc(N3CC4CCC(C3)C4c3ccc(Cl)cc3)nc(NC3(CO)CCC3)c21. The van der Waals surface area contributed by atoms with E-state index in [0.29, 0.717) is 35.9 Å². The highest BCUT2D eigenvalue weighted by atomic mass is 35.5. The number of anilines is 2. The monoisotopic (exact) mass is 508 g/mol. The molecule has 1 saturated heterocycles. The number of alkyl halides is 2. The third-order valence-corrected chi connectivity index (χ3v) is 9.83. The van der Waals surface area contributed by atoms with Crippen LogP contribution in [0.3, 0.4) is 0 Å². The minimum absolute atomic E-state index is 0.00695. The summed E-state index contributed by atoms with van der Waals surface area (Å²) in [6.45, 7) is 1.24. The molecule has 3 heterocycles. The molecule has 6 nitrogen and oxygen atoms in total. The first-order chi connectivity index (χ1) is 16.3. The molecule has 2 aromatic rings. The van der Waals surface area contributed by atoms with E-state index in [4.69, 9.17) is 11.6 Å². The summed E-state index contributed by atoms with van der Waals surface area (Å²) >= 11 is 6.08. The molecular weight excluding hydrogens is 482 g/mol. The van der Waals surface area contributed by atoms with Crippen molar-refractivity contribution in [2.75, 3.05) is 35.7 Å². The van der Waals surface area contributed by atoms with Crippen molar-refractivity contribution in [1.29, 1.82) is 0 Å². The second-order valence-corrected chi connectivity index (χ2v) is 12.1. The number of piperidine rings is 1. The lowest BCUT2D eigenvalue weighted by Gasteiger charge is -2.42. The zero-order valence-electron chi connectivity index (χ0n) is 18.6. The Labute approximate surface area is 204 Å². The summed E-state index contributed by atoms with van der Waals surface area (Å²) in [6, 6.07) is 8.02. The van der Waals surface area contributed by atoms with Crippen molar-refractivity contribution in [3.05, 3.63) is 40.5 Å². The van der Waals surface area contributed by atoms with Crippen LogP contribution in [0, 0.1) is 11.8 Å². The molecule has 1 aromatic carbocycles. The van der Waals surface area contributed by atoms with Crippen molar-refractivity contribution in [2.24, 2.45) is 11.8 Å². The van der Waals surface area contributed by atoms with E-state index in [-0.39, 0.29) is 23.3 Å². The Balaban J connectivity index is 1.34. The fourth-order valence-corrected chi connectivity index (χ4v) is 7.69. The van der Waals surface area contributed by atoms with Crippen molar-refractivity contribution >= 4 is 34.2 Å². The van der Waals surface area contributed by atoms with Gasteiger partial charge in [0.2, 0.25) is 5.95 Å². The molecule has 10 heteroatoms. The number of halogens is 3. The minimum Gasteiger partial charge on any atom is -0.394 e. The largest absolute Gasteiger partial charge is 0.394 e. The summed E-state index contributed by atoms with van der Waals surface area (Å²) in [5, 5.41) is 13.8. The van der Waals surface area contributed by atoms with Crippen LogP contribution in [0.5, 0.6) is 0 Å². The van der Waals surface area contributed by atoms with Crippen molar-refractivity contribution in [3.63, 3.8) is 0 Å². The third-order valence-electron chi connectivity index (χ3n) is 8.11. The van der Waals surface area contributed by atoms with Crippen LogP contribution in [-0.2, 0) is 16.7 Å². The van der Waals surface area contributed by atoms with Crippen molar-refractivity contribution < 1.29 is 18.1 Å². The molecule has 2 aliphatic carbocycles. The van der Waals surface area contributed by atoms with Gasteiger partial charge in [0.15, 0.2) is 0 Å². The molecule has 2 aliphatic heterocycles. The topological polar surface area (TPSA) is 78.4 Å². The van der Waals surface area contributed by atoms with Gasteiger partial charge >= 0.3 is 5.92 Å². The minimum atomic E-state index is -3.26. The third kappa shape index (κ3) is 3.62. The molecule has 2 bridgehead atoms. The van der Waals surface area contributed by atoms with E-state index in [0.717, 1.165) is 32.1 Å². The van der Waals surface area contributed by atoms with Crippen LogP contribution in [0.4, 0.5) is 20.5 Å². The predicted molar refractivity (Wildman–Crippen MR) is 127 cm³/mol. The van der Waals surface area contributed by atoms with Crippen molar-refractivity contribution in [1.82, 2.24) is 9.97 Å². The molecule has 182 valence electrons. The molecule has 2 unspecified atom stereocenters. The smallest absolute Gasteiger partial charge is 0.302 e. The van der Waals surface area contributed by atoms with E-state index in [1.807, 2.05) is 17.0 Å². The number of nitrogens with one attached hydrogen (secondary N) is 1. The summed E-state index contributed by atoms with van der Waals surface area (Å²) in [6.07, 6.45) is 4.51. The van der Waals surface area contributed by atoms with Crippen LogP contribution in [-0.4, -0.2) is 50.3 Å². The Hall–Kier alpha value is -1.84. The van der Waals surface area contributed by atoms with E-state index < -0.39 is 33.7 Å². The second kappa shape index (κ2) is 8.10. The molecule has 1 aromatic heterocycles. The summed E-state index contributed by atoms with van der Waals surface area (Å²) < 4.78 is 42.3. The highest BCUT2D eigenvalue weighted by Gasteiger charge is 2.50. The first-order valence-electron chi connectivity index (χ1n) is 11.9. The Bertz CT molecular complexity index is 1130. The zero-order chi connectivity index (χ0) is 23.7. The number of rotatable bonds is 5. The maximum atomic E-state index is 14.8. The molecule has 2 N–H and O–H groups in total. The van der Waals surface area contributed by atoms with E-state index in [9.17, 15) is 18.1 Å². The molecule has 6 rings (SSSR count). The number of aliphatic hydroxyl groups excluding tert-OH is 1. The van der Waals surface area contributed by atoms with E-state index in [1.54, 1.807) is 0 Å². The molecule has 4 aliphatic rings. The molecular formula is C24H27ClF2N4O2S. The van der Waals surface area contributed by atoms with Crippen LogP contribution in [0.2, 0.25) is 5.02 Å². The fourth-order valence-electron chi connectivity index (χ4n) is 6.23. The maximum Gasteiger partial charge on any atom is 0.302 e. The highest BCUT2D eigenvalue weighted by molar-refractivity contribution is 7.85. The highest BCUT2D eigenvalue weighted by Crippen LogP contribution is 2.50. The van der Waals surface area contributed by atoms with E-state index in [1.165, 1.54) is 5.56 Å². The van der Waals surface area contributed by atoms with Gasteiger partial charge in [-0.05, 0) is 67.6 Å². The Kier molecular flexibility index (Phi) is 5.39. The van der Waals surface area contributed by atoms with Gasteiger partial charge in [-0.15, -0.1) is 0 Å². The van der Waals surface area contributed by atoms with Gasteiger partial charge in [0.1, 0.15) is 16.4 Å². The van der Waals surface area contributed by atoms with Crippen LogP contribution in [0.25, 0.3) is 0 Å². The first kappa shape index (κ1) is 22.6. The Morgan fingerprint density at radius 1 is 1.15 bits per heavy atom. The molecule has 34 heavy (non-hydrogen) atoms. The average molecular weight is 509 g/mol. The van der Waals surface area contributed by atoms with Gasteiger partial charge in [0.05, 0.1) is 28.7 Å². The van der Waals surface area contributed by atoms with Gasteiger partial charge in [-0.2, -0.15) is 13.8 Å². The summed E-state index contributed by atoms with van der Waals surface area (Å²) in [7, 11) is -1.89. The number of aliphatic hydroxyl groups is 1. The molecule has 2 saturated carbocycles. The first-order valence-corrected chi connectivity index (χ1v) is 13.6. The van der Waals surface area contributed by atoms with Gasteiger partial charge in [0, 0.05) is 18.1 Å². The number of hydrogen-bond acceptors (Lipinski definition) is 6. The van der Waals surface area contributed by atoms with Crippen LogP contribution >= 0.6 is 11.6 Å². The maximum absolute atomic E-state index is 14.8.